The standard InChI is InChI=1S/C34H46N4O4/c1-33(2,3)24-14-16-26(17-15-24)38(31(40)29-27-19-23(27)21-37(29)32(41)42-34(4,5)6)28(22-11-10-18-35-20-22)30(39)36-25-12-8-7-9-13-25/h10-11,14-18,20,23,25,27-29H,7-9,12-13,19,21H2,1-6H3,(H,36,39)/t23-,27-,28?,29-/m1/s1. The number of benzene rings is 1. The Morgan fingerprint density at radius 1 is 1.00 bits per heavy atom. The zero-order valence-corrected chi connectivity index (χ0v) is 25.9. The Bertz CT molecular complexity index is 1280. The molecule has 2 aromatic rings. The molecular formula is C34H46N4O4. The van der Waals surface area contributed by atoms with Gasteiger partial charge in [0.25, 0.3) is 5.91 Å². The fraction of sp³-hybridized carbons (Fsp3) is 0.588. The van der Waals surface area contributed by atoms with E-state index < -0.39 is 23.8 Å². The van der Waals surface area contributed by atoms with Crippen LogP contribution < -0.4 is 10.2 Å². The van der Waals surface area contributed by atoms with E-state index in [4.69, 9.17) is 4.74 Å². The number of amides is 3. The Balaban J connectivity index is 1.56. The van der Waals surface area contributed by atoms with Crippen LogP contribution in [0.3, 0.4) is 0 Å². The topological polar surface area (TPSA) is 91.8 Å². The summed E-state index contributed by atoms with van der Waals surface area (Å²) in [7, 11) is 0. The highest BCUT2D eigenvalue weighted by Crippen LogP contribution is 2.51. The fourth-order valence-corrected chi connectivity index (χ4v) is 6.44. The second-order valence-electron chi connectivity index (χ2n) is 14.3. The average Bonchev–Trinajstić information content (AvgIpc) is 3.60. The van der Waals surface area contributed by atoms with Crippen molar-refractivity contribution >= 4 is 23.6 Å². The summed E-state index contributed by atoms with van der Waals surface area (Å²) in [6.45, 7) is 12.4. The van der Waals surface area contributed by atoms with E-state index in [9.17, 15) is 14.4 Å². The summed E-state index contributed by atoms with van der Waals surface area (Å²) in [6, 6.07) is 9.97. The minimum Gasteiger partial charge on any atom is -0.444 e. The lowest BCUT2D eigenvalue weighted by molar-refractivity contribution is -0.129. The highest BCUT2D eigenvalue weighted by Gasteiger charge is 2.59. The number of carbonyl (C=O) groups is 3. The molecule has 3 amide bonds. The molecule has 42 heavy (non-hydrogen) atoms. The normalized spacial score (nSPS) is 23.1. The van der Waals surface area contributed by atoms with Crippen LogP contribution >= 0.6 is 0 Å². The van der Waals surface area contributed by atoms with Crippen molar-refractivity contribution in [1.29, 1.82) is 0 Å². The largest absolute Gasteiger partial charge is 0.444 e. The van der Waals surface area contributed by atoms with E-state index in [1.807, 2.05) is 51.1 Å². The molecule has 1 N–H and O–H groups in total. The number of nitrogens with one attached hydrogen (secondary N) is 1. The first-order chi connectivity index (χ1) is 19.8. The number of carbonyl (C=O) groups excluding carboxylic acids is 3. The van der Waals surface area contributed by atoms with Crippen molar-refractivity contribution in [3.8, 4) is 0 Å². The molecule has 2 saturated carbocycles. The van der Waals surface area contributed by atoms with Crippen LogP contribution in [0.2, 0.25) is 0 Å². The summed E-state index contributed by atoms with van der Waals surface area (Å²) in [5.74, 6) is -0.166. The second-order valence-corrected chi connectivity index (χ2v) is 14.3. The van der Waals surface area contributed by atoms with Crippen molar-refractivity contribution in [3.05, 3.63) is 59.9 Å². The molecule has 0 bridgehead atoms. The molecule has 3 fully saturated rings. The summed E-state index contributed by atoms with van der Waals surface area (Å²) in [5.41, 5.74) is 1.62. The van der Waals surface area contributed by atoms with Crippen LogP contribution in [0.4, 0.5) is 10.5 Å². The number of anilines is 1. The first-order valence-electron chi connectivity index (χ1n) is 15.5. The van der Waals surface area contributed by atoms with E-state index in [0.717, 1.165) is 37.7 Å². The number of hydrogen-bond donors (Lipinski definition) is 1. The summed E-state index contributed by atoms with van der Waals surface area (Å²) < 4.78 is 5.73. The maximum Gasteiger partial charge on any atom is 0.410 e. The van der Waals surface area contributed by atoms with Gasteiger partial charge in [-0.2, -0.15) is 0 Å². The minimum absolute atomic E-state index is 0.0531. The molecule has 8 heteroatoms. The van der Waals surface area contributed by atoms with Crippen molar-refractivity contribution in [2.45, 2.75) is 109 Å². The Kier molecular flexibility index (Phi) is 8.37. The van der Waals surface area contributed by atoms with Gasteiger partial charge in [-0.3, -0.25) is 24.4 Å². The molecule has 4 atom stereocenters. The van der Waals surface area contributed by atoms with Crippen LogP contribution in [0.15, 0.2) is 48.8 Å². The quantitative estimate of drug-likeness (QED) is 0.446. The van der Waals surface area contributed by atoms with Gasteiger partial charge >= 0.3 is 6.09 Å². The summed E-state index contributed by atoms with van der Waals surface area (Å²) in [6.07, 6.45) is 8.92. The van der Waals surface area contributed by atoms with Gasteiger partial charge in [0, 0.05) is 36.2 Å². The average molecular weight is 575 g/mol. The van der Waals surface area contributed by atoms with Crippen LogP contribution in [-0.2, 0) is 19.7 Å². The Hall–Kier alpha value is -3.42. The molecule has 0 radical (unpaired) electrons. The molecule has 226 valence electrons. The number of ether oxygens (including phenoxy) is 1. The summed E-state index contributed by atoms with van der Waals surface area (Å²) >= 11 is 0. The molecule has 1 aromatic heterocycles. The van der Waals surface area contributed by atoms with Gasteiger partial charge in [0.15, 0.2) is 0 Å². The van der Waals surface area contributed by atoms with Crippen molar-refractivity contribution < 1.29 is 19.1 Å². The fourth-order valence-electron chi connectivity index (χ4n) is 6.44. The lowest BCUT2D eigenvalue weighted by atomic mass is 9.87. The van der Waals surface area contributed by atoms with Gasteiger partial charge in [-0.05, 0) is 81.0 Å². The predicted octanol–water partition coefficient (Wildman–Crippen LogP) is 6.16. The molecular weight excluding hydrogens is 528 g/mol. The number of pyridine rings is 1. The van der Waals surface area contributed by atoms with E-state index >= 15 is 0 Å². The molecule has 1 unspecified atom stereocenters. The Morgan fingerprint density at radius 2 is 1.69 bits per heavy atom. The number of hydrogen-bond acceptors (Lipinski definition) is 5. The lowest BCUT2D eigenvalue weighted by Crippen LogP contribution is -2.55. The van der Waals surface area contributed by atoms with Crippen molar-refractivity contribution in [1.82, 2.24) is 15.2 Å². The number of nitrogens with zero attached hydrogens (tertiary/aromatic N) is 3. The van der Waals surface area contributed by atoms with E-state index in [1.54, 1.807) is 28.3 Å². The van der Waals surface area contributed by atoms with Gasteiger partial charge in [-0.15, -0.1) is 0 Å². The van der Waals surface area contributed by atoms with Crippen LogP contribution in [0.25, 0.3) is 0 Å². The molecule has 1 aliphatic heterocycles. The highest BCUT2D eigenvalue weighted by molar-refractivity contribution is 6.05. The van der Waals surface area contributed by atoms with Gasteiger partial charge in [0.1, 0.15) is 17.7 Å². The minimum atomic E-state index is -0.938. The Labute approximate surface area is 250 Å². The molecule has 2 heterocycles. The number of fused-ring (bicyclic) bond motifs is 1. The van der Waals surface area contributed by atoms with Crippen LogP contribution in [0.5, 0.6) is 0 Å². The van der Waals surface area contributed by atoms with Gasteiger partial charge in [-0.25, -0.2) is 4.79 Å². The highest BCUT2D eigenvalue weighted by atomic mass is 16.6. The van der Waals surface area contributed by atoms with Gasteiger partial charge in [0.05, 0.1) is 0 Å². The first kappa shape index (κ1) is 30.1. The Morgan fingerprint density at radius 3 is 2.29 bits per heavy atom. The first-order valence-corrected chi connectivity index (χ1v) is 15.5. The third-order valence-electron chi connectivity index (χ3n) is 8.74. The second kappa shape index (κ2) is 11.7. The molecule has 1 saturated heterocycles. The van der Waals surface area contributed by atoms with E-state index in [2.05, 4.69) is 31.1 Å². The van der Waals surface area contributed by atoms with Gasteiger partial charge < -0.3 is 10.1 Å². The monoisotopic (exact) mass is 574 g/mol. The van der Waals surface area contributed by atoms with Crippen molar-refractivity contribution in [2.75, 3.05) is 11.4 Å². The predicted molar refractivity (Wildman–Crippen MR) is 163 cm³/mol. The van der Waals surface area contributed by atoms with Crippen molar-refractivity contribution in [3.63, 3.8) is 0 Å². The number of aromatic nitrogens is 1. The molecule has 5 rings (SSSR count). The number of rotatable bonds is 6. The molecule has 3 aliphatic rings. The molecule has 0 spiro atoms. The van der Waals surface area contributed by atoms with E-state index in [0.29, 0.717) is 17.8 Å². The third kappa shape index (κ3) is 6.63. The zero-order chi connectivity index (χ0) is 30.2. The zero-order valence-electron chi connectivity index (χ0n) is 25.9. The molecule has 1 aromatic carbocycles. The van der Waals surface area contributed by atoms with Crippen LogP contribution in [0, 0.1) is 11.8 Å². The third-order valence-corrected chi connectivity index (χ3v) is 8.74. The van der Waals surface area contributed by atoms with Crippen molar-refractivity contribution in [2.24, 2.45) is 11.8 Å². The molecule has 8 nitrogen and oxygen atoms in total. The maximum absolute atomic E-state index is 14.8. The van der Waals surface area contributed by atoms with Crippen LogP contribution in [-0.4, -0.2) is 52.0 Å². The van der Waals surface area contributed by atoms with E-state index in [-0.39, 0.29) is 35.1 Å². The number of piperidine rings is 1. The van der Waals surface area contributed by atoms with Crippen LogP contribution in [0.1, 0.15) is 97.2 Å². The summed E-state index contributed by atoms with van der Waals surface area (Å²) in [5, 5.41) is 3.27. The number of likely N-dealkylation sites (tertiary alicyclic amines) is 1. The maximum atomic E-state index is 14.8. The SMILES string of the molecule is CC(C)(C)OC(=O)N1C[C@H]2C[C@H]2[C@@H]1C(=O)N(c1ccc(C(C)(C)C)cc1)C(C(=O)NC1CCCCC1)c1cccnc1. The lowest BCUT2D eigenvalue weighted by Gasteiger charge is -2.37. The summed E-state index contributed by atoms with van der Waals surface area (Å²) in [4.78, 5) is 49.9. The molecule has 2 aliphatic carbocycles. The van der Waals surface area contributed by atoms with Gasteiger partial charge in [0.2, 0.25) is 5.91 Å². The smallest absolute Gasteiger partial charge is 0.410 e. The van der Waals surface area contributed by atoms with Gasteiger partial charge in [-0.1, -0.05) is 58.2 Å². The van der Waals surface area contributed by atoms with E-state index in [1.165, 1.54) is 6.42 Å².